The highest BCUT2D eigenvalue weighted by molar-refractivity contribution is 6.05. The van der Waals surface area contributed by atoms with Gasteiger partial charge >= 0.3 is 6.03 Å². The Morgan fingerprint density at radius 2 is 2.05 bits per heavy atom. The van der Waals surface area contributed by atoms with Crippen LogP contribution in [0.25, 0.3) is 0 Å². The predicted molar refractivity (Wildman–Crippen MR) is 78.1 cm³/mol. The number of anilines is 2. The molecule has 2 saturated heterocycles. The van der Waals surface area contributed by atoms with Gasteiger partial charge in [-0.1, -0.05) is 0 Å². The Morgan fingerprint density at radius 3 is 2.60 bits per heavy atom. The van der Waals surface area contributed by atoms with Crippen LogP contribution in [-0.4, -0.2) is 31.1 Å². The third-order valence-corrected chi connectivity index (χ3v) is 4.18. The van der Waals surface area contributed by atoms with Gasteiger partial charge < -0.3 is 4.90 Å². The molecule has 0 radical (unpaired) electrons. The van der Waals surface area contributed by atoms with Crippen molar-refractivity contribution in [3.8, 4) is 0 Å². The van der Waals surface area contributed by atoms with Crippen molar-refractivity contribution in [3.05, 3.63) is 23.8 Å². The molecule has 1 aromatic carbocycles. The number of carbonyl (C=O) groups excluding carboxylic acids is 2. The molecule has 3 rings (SSSR count). The Balaban J connectivity index is 1.83. The number of aryl methyl sites for hydroxylation is 1. The van der Waals surface area contributed by atoms with Gasteiger partial charge in [-0.05, 0) is 44.0 Å². The summed E-state index contributed by atoms with van der Waals surface area (Å²) in [6.45, 7) is 5.83. The maximum Gasteiger partial charge on any atom is 0.328 e. The molecule has 0 unspecified atom stereocenters. The summed E-state index contributed by atoms with van der Waals surface area (Å²) in [6.07, 6.45) is 1.59. The van der Waals surface area contributed by atoms with Gasteiger partial charge in [-0.2, -0.15) is 0 Å². The molecule has 0 spiro atoms. The molecule has 0 aliphatic carbocycles. The second kappa shape index (κ2) is 4.81. The van der Waals surface area contributed by atoms with Gasteiger partial charge in [0.25, 0.3) is 0 Å². The third-order valence-electron chi connectivity index (χ3n) is 4.18. The molecule has 20 heavy (non-hydrogen) atoms. The largest absolute Gasteiger partial charge is 0.368 e. The van der Waals surface area contributed by atoms with E-state index in [0.29, 0.717) is 19.0 Å². The first-order valence-electron chi connectivity index (χ1n) is 7.05. The minimum absolute atomic E-state index is 0.200. The van der Waals surface area contributed by atoms with E-state index >= 15 is 0 Å². The predicted octanol–water partition coefficient (Wildman–Crippen LogP) is 2.04. The Kier molecular flexibility index (Phi) is 3.12. The summed E-state index contributed by atoms with van der Waals surface area (Å²) in [4.78, 5) is 27.0. The summed E-state index contributed by atoms with van der Waals surface area (Å²) in [6, 6.07) is 6.32. The maximum atomic E-state index is 11.8. The highest BCUT2D eigenvalue weighted by Crippen LogP contribution is 2.32. The van der Waals surface area contributed by atoms with Gasteiger partial charge in [-0.3, -0.25) is 15.0 Å². The Hall–Kier alpha value is -2.04. The number of hydrogen-bond donors (Lipinski definition) is 1. The zero-order valence-corrected chi connectivity index (χ0v) is 11.8. The number of carbonyl (C=O) groups is 2. The van der Waals surface area contributed by atoms with Crippen molar-refractivity contribution in [2.75, 3.05) is 22.9 Å². The molecule has 0 bridgehead atoms. The summed E-state index contributed by atoms with van der Waals surface area (Å²) in [5.41, 5.74) is 3.25. The normalized spacial score (nSPS) is 22.6. The maximum absolute atomic E-state index is 11.8. The standard InChI is InChI=1S/C15H19N3O2/c1-10-9-12(18-8-6-14(19)16-15(18)20)3-4-13(10)17-7-5-11(17)2/h3-4,9,11H,5-8H2,1-2H3,(H,16,19,20)/t11-/m1/s1. The van der Waals surface area contributed by atoms with E-state index in [0.717, 1.165) is 12.2 Å². The molecule has 2 aliphatic heterocycles. The van der Waals surface area contributed by atoms with Crippen LogP contribution in [0.5, 0.6) is 0 Å². The van der Waals surface area contributed by atoms with Gasteiger partial charge in [0.15, 0.2) is 0 Å². The Bertz CT molecular complexity index is 570. The minimum atomic E-state index is -0.328. The fraction of sp³-hybridized carbons (Fsp3) is 0.467. The Morgan fingerprint density at radius 1 is 1.25 bits per heavy atom. The number of urea groups is 1. The monoisotopic (exact) mass is 273 g/mol. The quantitative estimate of drug-likeness (QED) is 0.897. The van der Waals surface area contributed by atoms with Gasteiger partial charge in [0.1, 0.15) is 0 Å². The van der Waals surface area contributed by atoms with Crippen molar-refractivity contribution in [1.82, 2.24) is 5.32 Å². The topological polar surface area (TPSA) is 52.7 Å². The van der Waals surface area contributed by atoms with Crippen molar-refractivity contribution in [2.45, 2.75) is 32.7 Å². The fourth-order valence-electron chi connectivity index (χ4n) is 2.81. The van der Waals surface area contributed by atoms with Gasteiger partial charge in [-0.25, -0.2) is 4.79 Å². The van der Waals surface area contributed by atoms with E-state index in [-0.39, 0.29) is 11.9 Å². The van der Waals surface area contributed by atoms with Crippen molar-refractivity contribution < 1.29 is 9.59 Å². The zero-order valence-electron chi connectivity index (χ0n) is 11.8. The summed E-state index contributed by atoms with van der Waals surface area (Å²) in [5, 5.41) is 2.35. The molecule has 1 N–H and O–H groups in total. The first-order chi connectivity index (χ1) is 9.56. The van der Waals surface area contributed by atoms with Crippen molar-refractivity contribution in [3.63, 3.8) is 0 Å². The summed E-state index contributed by atoms with van der Waals surface area (Å²) < 4.78 is 0. The van der Waals surface area contributed by atoms with E-state index in [1.165, 1.54) is 17.7 Å². The molecule has 106 valence electrons. The van der Waals surface area contributed by atoms with Gasteiger partial charge in [0, 0.05) is 36.9 Å². The van der Waals surface area contributed by atoms with Gasteiger partial charge in [0.05, 0.1) is 0 Å². The zero-order chi connectivity index (χ0) is 14.3. The van der Waals surface area contributed by atoms with Crippen molar-refractivity contribution in [2.24, 2.45) is 0 Å². The summed E-state index contributed by atoms with van der Waals surface area (Å²) in [7, 11) is 0. The van der Waals surface area contributed by atoms with Crippen LogP contribution >= 0.6 is 0 Å². The minimum Gasteiger partial charge on any atom is -0.368 e. The van der Waals surface area contributed by atoms with Crippen LogP contribution in [0.2, 0.25) is 0 Å². The van der Waals surface area contributed by atoms with E-state index < -0.39 is 0 Å². The SMILES string of the molecule is Cc1cc(N2CCC(=O)NC2=O)ccc1N1CC[C@H]1C. The molecular formula is C15H19N3O2. The van der Waals surface area contributed by atoms with E-state index in [9.17, 15) is 9.59 Å². The number of amides is 3. The smallest absolute Gasteiger partial charge is 0.328 e. The van der Waals surface area contributed by atoms with Crippen LogP contribution in [0.15, 0.2) is 18.2 Å². The summed E-state index contributed by atoms with van der Waals surface area (Å²) >= 11 is 0. The highest BCUT2D eigenvalue weighted by Gasteiger charge is 2.27. The number of rotatable bonds is 2. The molecule has 1 aromatic rings. The molecule has 2 fully saturated rings. The van der Waals surface area contributed by atoms with E-state index in [2.05, 4.69) is 30.1 Å². The van der Waals surface area contributed by atoms with E-state index in [1.54, 1.807) is 4.90 Å². The Labute approximate surface area is 118 Å². The molecule has 0 aromatic heterocycles. The van der Waals surface area contributed by atoms with Crippen molar-refractivity contribution >= 4 is 23.3 Å². The lowest BCUT2D eigenvalue weighted by Crippen LogP contribution is -2.49. The van der Waals surface area contributed by atoms with E-state index in [1.807, 2.05) is 12.1 Å². The first-order valence-corrected chi connectivity index (χ1v) is 7.05. The summed E-state index contributed by atoms with van der Waals surface area (Å²) in [5.74, 6) is -0.200. The molecule has 2 heterocycles. The lowest BCUT2D eigenvalue weighted by molar-refractivity contribution is -0.120. The number of hydrogen-bond acceptors (Lipinski definition) is 3. The van der Waals surface area contributed by atoms with Crippen LogP contribution in [0.3, 0.4) is 0 Å². The first kappa shape index (κ1) is 13.0. The average molecular weight is 273 g/mol. The van der Waals surface area contributed by atoms with Gasteiger partial charge in [0.2, 0.25) is 5.91 Å². The molecule has 5 nitrogen and oxygen atoms in total. The molecule has 0 saturated carbocycles. The fourth-order valence-corrected chi connectivity index (χ4v) is 2.81. The lowest BCUT2D eigenvalue weighted by Gasteiger charge is -2.42. The molecular weight excluding hydrogens is 254 g/mol. The van der Waals surface area contributed by atoms with Crippen molar-refractivity contribution in [1.29, 1.82) is 0 Å². The average Bonchev–Trinajstić information content (AvgIpc) is 2.39. The molecule has 3 amide bonds. The van der Waals surface area contributed by atoms with Crippen LogP contribution < -0.4 is 15.1 Å². The number of benzene rings is 1. The van der Waals surface area contributed by atoms with Crippen LogP contribution in [0.4, 0.5) is 16.2 Å². The highest BCUT2D eigenvalue weighted by atomic mass is 16.2. The molecule has 2 aliphatic rings. The number of nitrogens with one attached hydrogen (secondary N) is 1. The third kappa shape index (κ3) is 2.13. The van der Waals surface area contributed by atoms with Crippen LogP contribution in [0, 0.1) is 6.92 Å². The van der Waals surface area contributed by atoms with Crippen LogP contribution in [0.1, 0.15) is 25.3 Å². The van der Waals surface area contributed by atoms with Crippen LogP contribution in [-0.2, 0) is 4.79 Å². The number of imide groups is 1. The lowest BCUT2D eigenvalue weighted by atomic mass is 10.0. The molecule has 1 atom stereocenters. The van der Waals surface area contributed by atoms with E-state index in [4.69, 9.17) is 0 Å². The number of nitrogens with zero attached hydrogens (tertiary/aromatic N) is 2. The second-order valence-electron chi connectivity index (χ2n) is 5.56. The molecule has 5 heteroatoms. The van der Waals surface area contributed by atoms with Gasteiger partial charge in [-0.15, -0.1) is 0 Å². The second-order valence-corrected chi connectivity index (χ2v) is 5.56.